The van der Waals surface area contributed by atoms with Gasteiger partial charge in [0.25, 0.3) is 5.91 Å². The predicted molar refractivity (Wildman–Crippen MR) is 97.4 cm³/mol. The van der Waals surface area contributed by atoms with Gasteiger partial charge in [0.05, 0.1) is 6.54 Å². The SMILES string of the molecule is Nc1cccc(COc2cccc3c2CN(C2CCCNC2)C3=O)c1. The van der Waals surface area contributed by atoms with E-state index >= 15 is 0 Å². The molecular formula is C20H23N3O2. The minimum atomic E-state index is 0.123. The number of anilines is 1. The van der Waals surface area contributed by atoms with Crippen molar-refractivity contribution in [3.63, 3.8) is 0 Å². The van der Waals surface area contributed by atoms with E-state index in [0.717, 1.165) is 54.1 Å². The third-order valence-corrected chi connectivity index (χ3v) is 5.01. The van der Waals surface area contributed by atoms with Gasteiger partial charge in [0, 0.05) is 29.4 Å². The molecule has 2 heterocycles. The first kappa shape index (κ1) is 16.0. The van der Waals surface area contributed by atoms with E-state index in [1.54, 1.807) is 0 Å². The van der Waals surface area contributed by atoms with Crippen LogP contribution in [0, 0.1) is 0 Å². The van der Waals surface area contributed by atoms with Gasteiger partial charge in [-0.05, 0) is 49.2 Å². The van der Waals surface area contributed by atoms with Crippen LogP contribution in [-0.2, 0) is 13.2 Å². The van der Waals surface area contributed by atoms with Crippen LogP contribution in [0.5, 0.6) is 5.75 Å². The second-order valence-corrected chi connectivity index (χ2v) is 6.75. The van der Waals surface area contributed by atoms with Gasteiger partial charge in [-0.2, -0.15) is 0 Å². The lowest BCUT2D eigenvalue weighted by atomic mass is 10.1. The van der Waals surface area contributed by atoms with Crippen molar-refractivity contribution < 1.29 is 9.53 Å². The van der Waals surface area contributed by atoms with E-state index in [9.17, 15) is 4.79 Å². The molecule has 0 spiro atoms. The van der Waals surface area contributed by atoms with Crippen LogP contribution in [0.3, 0.4) is 0 Å². The Bertz CT molecular complexity index is 784. The Kier molecular flexibility index (Phi) is 4.32. The topological polar surface area (TPSA) is 67.6 Å². The van der Waals surface area contributed by atoms with Gasteiger partial charge in [0.2, 0.25) is 0 Å². The number of fused-ring (bicyclic) bond motifs is 1. The zero-order valence-corrected chi connectivity index (χ0v) is 14.2. The van der Waals surface area contributed by atoms with Crippen LogP contribution in [-0.4, -0.2) is 29.9 Å². The maximum atomic E-state index is 12.8. The second-order valence-electron chi connectivity index (χ2n) is 6.75. The zero-order valence-electron chi connectivity index (χ0n) is 14.2. The van der Waals surface area contributed by atoms with E-state index in [4.69, 9.17) is 10.5 Å². The molecule has 0 saturated carbocycles. The molecule has 3 N–H and O–H groups in total. The summed E-state index contributed by atoms with van der Waals surface area (Å²) in [6, 6.07) is 13.7. The fourth-order valence-corrected chi connectivity index (χ4v) is 3.70. The summed E-state index contributed by atoms with van der Waals surface area (Å²) in [4.78, 5) is 14.8. The van der Waals surface area contributed by atoms with Crippen molar-refractivity contribution in [1.29, 1.82) is 0 Å². The molecule has 130 valence electrons. The molecule has 0 radical (unpaired) electrons. The minimum absolute atomic E-state index is 0.123. The van der Waals surface area contributed by atoms with Crippen LogP contribution in [0.1, 0.15) is 34.3 Å². The summed E-state index contributed by atoms with van der Waals surface area (Å²) in [5.74, 6) is 0.914. The number of hydrogen-bond donors (Lipinski definition) is 2. The molecule has 2 aromatic carbocycles. The Morgan fingerprint density at radius 2 is 2.12 bits per heavy atom. The standard InChI is InChI=1S/C20H23N3O2/c21-15-5-1-4-14(10-15)13-25-19-8-2-7-17-18(19)12-23(20(17)24)16-6-3-9-22-11-16/h1-2,4-5,7-8,10,16,22H,3,6,9,11-13,21H2. The number of nitrogen functional groups attached to an aromatic ring is 1. The van der Waals surface area contributed by atoms with Gasteiger partial charge in [0.15, 0.2) is 0 Å². The highest BCUT2D eigenvalue weighted by Gasteiger charge is 2.34. The van der Waals surface area contributed by atoms with Gasteiger partial charge >= 0.3 is 0 Å². The van der Waals surface area contributed by atoms with E-state index in [0.29, 0.717) is 13.2 Å². The molecule has 5 nitrogen and oxygen atoms in total. The molecule has 1 unspecified atom stereocenters. The van der Waals surface area contributed by atoms with Crippen LogP contribution < -0.4 is 15.8 Å². The molecule has 1 saturated heterocycles. The number of carbonyl (C=O) groups excluding carboxylic acids is 1. The number of ether oxygens (including phenoxy) is 1. The lowest BCUT2D eigenvalue weighted by molar-refractivity contribution is 0.0674. The summed E-state index contributed by atoms with van der Waals surface area (Å²) in [7, 11) is 0. The van der Waals surface area contributed by atoms with Gasteiger partial charge in [-0.3, -0.25) is 4.79 Å². The minimum Gasteiger partial charge on any atom is -0.489 e. The molecule has 5 heteroatoms. The maximum Gasteiger partial charge on any atom is 0.254 e. The van der Waals surface area contributed by atoms with Gasteiger partial charge in [0.1, 0.15) is 12.4 Å². The number of nitrogens with two attached hydrogens (primary N) is 1. The van der Waals surface area contributed by atoms with Crippen molar-refractivity contribution in [2.45, 2.75) is 32.0 Å². The average Bonchev–Trinajstić information content (AvgIpc) is 2.98. The molecule has 0 aromatic heterocycles. The maximum absolute atomic E-state index is 12.8. The lowest BCUT2D eigenvalue weighted by Gasteiger charge is -2.31. The molecule has 1 atom stereocenters. The summed E-state index contributed by atoms with van der Waals surface area (Å²) >= 11 is 0. The predicted octanol–water partition coefficient (Wildman–Crippen LogP) is 2.56. The Hall–Kier alpha value is -2.53. The van der Waals surface area contributed by atoms with Gasteiger partial charge < -0.3 is 20.7 Å². The highest BCUT2D eigenvalue weighted by Crippen LogP contribution is 2.33. The van der Waals surface area contributed by atoms with Crippen molar-refractivity contribution in [2.75, 3.05) is 18.8 Å². The first-order valence-corrected chi connectivity index (χ1v) is 8.83. The number of carbonyl (C=O) groups is 1. The monoisotopic (exact) mass is 337 g/mol. The third-order valence-electron chi connectivity index (χ3n) is 5.01. The Balaban J connectivity index is 1.52. The molecule has 4 rings (SSSR count). The summed E-state index contributed by atoms with van der Waals surface area (Å²) in [5.41, 5.74) is 9.35. The van der Waals surface area contributed by atoms with Crippen molar-refractivity contribution in [3.05, 3.63) is 59.2 Å². The highest BCUT2D eigenvalue weighted by atomic mass is 16.5. The van der Waals surface area contributed by atoms with Crippen LogP contribution in [0.4, 0.5) is 5.69 Å². The number of benzene rings is 2. The Morgan fingerprint density at radius 3 is 2.92 bits per heavy atom. The molecule has 0 bridgehead atoms. The Labute approximate surface area is 147 Å². The van der Waals surface area contributed by atoms with Crippen molar-refractivity contribution in [2.24, 2.45) is 0 Å². The summed E-state index contributed by atoms with van der Waals surface area (Å²) in [6.45, 7) is 2.99. The van der Waals surface area contributed by atoms with E-state index in [1.165, 1.54) is 0 Å². The molecule has 2 aromatic rings. The number of piperidine rings is 1. The molecule has 1 fully saturated rings. The fourth-order valence-electron chi connectivity index (χ4n) is 3.70. The van der Waals surface area contributed by atoms with Crippen molar-refractivity contribution >= 4 is 11.6 Å². The van der Waals surface area contributed by atoms with E-state index in [1.807, 2.05) is 47.4 Å². The molecular weight excluding hydrogens is 314 g/mol. The molecule has 25 heavy (non-hydrogen) atoms. The molecule has 2 aliphatic rings. The second kappa shape index (κ2) is 6.76. The smallest absolute Gasteiger partial charge is 0.254 e. The van der Waals surface area contributed by atoms with E-state index < -0.39 is 0 Å². The van der Waals surface area contributed by atoms with Crippen LogP contribution in [0.15, 0.2) is 42.5 Å². The normalized spacial score (nSPS) is 19.8. The van der Waals surface area contributed by atoms with Crippen LogP contribution >= 0.6 is 0 Å². The number of rotatable bonds is 4. The van der Waals surface area contributed by atoms with Gasteiger partial charge in [-0.1, -0.05) is 18.2 Å². The number of hydrogen-bond acceptors (Lipinski definition) is 4. The highest BCUT2D eigenvalue weighted by molar-refractivity contribution is 5.99. The largest absolute Gasteiger partial charge is 0.489 e. The number of amides is 1. The summed E-state index contributed by atoms with van der Waals surface area (Å²) in [5, 5.41) is 3.39. The third kappa shape index (κ3) is 3.20. The molecule has 1 amide bonds. The van der Waals surface area contributed by atoms with Gasteiger partial charge in [-0.25, -0.2) is 0 Å². The quantitative estimate of drug-likeness (QED) is 0.842. The van der Waals surface area contributed by atoms with E-state index in [2.05, 4.69) is 5.32 Å². The zero-order chi connectivity index (χ0) is 17.2. The van der Waals surface area contributed by atoms with Gasteiger partial charge in [-0.15, -0.1) is 0 Å². The van der Waals surface area contributed by atoms with Crippen LogP contribution in [0.2, 0.25) is 0 Å². The summed E-state index contributed by atoms with van der Waals surface area (Å²) < 4.78 is 6.02. The summed E-state index contributed by atoms with van der Waals surface area (Å²) in [6.07, 6.45) is 2.18. The first-order valence-electron chi connectivity index (χ1n) is 8.83. The molecule has 2 aliphatic heterocycles. The first-order chi connectivity index (χ1) is 12.2. The Morgan fingerprint density at radius 1 is 1.24 bits per heavy atom. The lowest BCUT2D eigenvalue weighted by Crippen LogP contribution is -2.46. The average molecular weight is 337 g/mol. The van der Waals surface area contributed by atoms with Crippen molar-refractivity contribution in [3.8, 4) is 5.75 Å². The number of nitrogens with one attached hydrogen (secondary N) is 1. The van der Waals surface area contributed by atoms with E-state index in [-0.39, 0.29) is 11.9 Å². The van der Waals surface area contributed by atoms with Crippen molar-refractivity contribution in [1.82, 2.24) is 10.2 Å². The fraction of sp³-hybridized carbons (Fsp3) is 0.350. The van der Waals surface area contributed by atoms with Crippen LogP contribution in [0.25, 0.3) is 0 Å². The molecule has 0 aliphatic carbocycles. The number of nitrogens with zero attached hydrogens (tertiary/aromatic N) is 1.